The van der Waals surface area contributed by atoms with Crippen molar-refractivity contribution >= 4 is 21.5 Å². The van der Waals surface area contributed by atoms with E-state index in [0.29, 0.717) is 69.8 Å². The SMILES string of the molecule is Oc1c(-c2cc(C(F)(F)F)cc(C(F)(F)F)c2)cc2cccc3c2c1C1(CC3)CCc2cccc3cc(-c4cc(C(F)(F)F)cc(C(F)(F)F)c4)c(O)c1c23. The molecule has 0 atom stereocenters. The highest BCUT2D eigenvalue weighted by atomic mass is 19.4. The Morgan fingerprint density at radius 2 is 0.764 bits per heavy atom. The summed E-state index contributed by atoms with van der Waals surface area (Å²) < 4.78 is 168. The monoisotopic (exact) mass is 776 g/mol. The van der Waals surface area contributed by atoms with Crippen molar-refractivity contribution in [2.75, 3.05) is 0 Å². The highest BCUT2D eigenvalue weighted by Gasteiger charge is 2.47. The van der Waals surface area contributed by atoms with E-state index in [9.17, 15) is 62.9 Å². The van der Waals surface area contributed by atoms with Crippen molar-refractivity contribution in [1.29, 1.82) is 0 Å². The van der Waals surface area contributed by atoms with Gasteiger partial charge in [0.25, 0.3) is 0 Å². The van der Waals surface area contributed by atoms with Gasteiger partial charge in [0.2, 0.25) is 0 Å². The van der Waals surface area contributed by atoms with Crippen molar-refractivity contribution < 1.29 is 62.9 Å². The second-order valence-corrected chi connectivity index (χ2v) is 14.0. The van der Waals surface area contributed by atoms with E-state index >= 15 is 0 Å². The molecule has 14 heteroatoms. The lowest BCUT2D eigenvalue weighted by molar-refractivity contribution is -0.144. The molecule has 284 valence electrons. The lowest BCUT2D eigenvalue weighted by atomic mass is 9.58. The van der Waals surface area contributed by atoms with Gasteiger partial charge in [-0.25, -0.2) is 0 Å². The fourth-order valence-corrected chi connectivity index (χ4v) is 8.50. The van der Waals surface area contributed by atoms with Crippen molar-refractivity contribution in [2.24, 2.45) is 0 Å². The van der Waals surface area contributed by atoms with Gasteiger partial charge in [-0.1, -0.05) is 36.4 Å². The molecule has 2 aliphatic carbocycles. The van der Waals surface area contributed by atoms with E-state index in [1.165, 1.54) is 12.1 Å². The second-order valence-electron chi connectivity index (χ2n) is 14.0. The van der Waals surface area contributed by atoms with E-state index < -0.39 is 75.0 Å². The maximum atomic E-state index is 14.0. The minimum atomic E-state index is -5.20. The molecule has 55 heavy (non-hydrogen) atoms. The van der Waals surface area contributed by atoms with Gasteiger partial charge in [0, 0.05) is 27.7 Å². The number of alkyl halides is 12. The molecule has 0 amide bonds. The molecule has 2 nitrogen and oxygen atoms in total. The van der Waals surface area contributed by atoms with Gasteiger partial charge >= 0.3 is 24.7 Å². The summed E-state index contributed by atoms with van der Waals surface area (Å²) in [4.78, 5) is 0. The third-order valence-corrected chi connectivity index (χ3v) is 10.8. The molecule has 0 saturated carbocycles. The van der Waals surface area contributed by atoms with Gasteiger partial charge in [-0.15, -0.1) is 0 Å². The molecule has 1 spiro atoms. The number of aryl methyl sites for hydroxylation is 2. The Morgan fingerprint density at radius 3 is 1.07 bits per heavy atom. The Kier molecular flexibility index (Phi) is 7.85. The van der Waals surface area contributed by atoms with Gasteiger partial charge in [0.1, 0.15) is 11.5 Å². The zero-order valence-electron chi connectivity index (χ0n) is 27.8. The van der Waals surface area contributed by atoms with Crippen molar-refractivity contribution in [2.45, 2.75) is 55.8 Å². The number of phenols is 2. The van der Waals surface area contributed by atoms with Gasteiger partial charge in [-0.2, -0.15) is 52.7 Å². The molecule has 8 rings (SSSR count). The topological polar surface area (TPSA) is 40.5 Å². The smallest absolute Gasteiger partial charge is 0.416 e. The molecular formula is C41H24F12O2. The average Bonchev–Trinajstić information content (AvgIpc) is 3.10. The predicted molar refractivity (Wildman–Crippen MR) is 180 cm³/mol. The van der Waals surface area contributed by atoms with Crippen LogP contribution in [0.15, 0.2) is 84.9 Å². The van der Waals surface area contributed by atoms with E-state index in [0.717, 1.165) is 0 Å². The van der Waals surface area contributed by atoms with Crippen molar-refractivity contribution in [1.82, 2.24) is 0 Å². The van der Waals surface area contributed by atoms with Crippen LogP contribution >= 0.6 is 0 Å². The molecule has 2 N–H and O–H groups in total. The van der Waals surface area contributed by atoms with Crippen LogP contribution in [0.1, 0.15) is 57.3 Å². The molecule has 6 aromatic rings. The first kappa shape index (κ1) is 36.6. The van der Waals surface area contributed by atoms with Crippen LogP contribution in [0.3, 0.4) is 0 Å². The summed E-state index contributed by atoms with van der Waals surface area (Å²) in [7, 11) is 0. The number of phenolic OH excluding ortho intramolecular Hbond substituents is 2. The first-order chi connectivity index (χ1) is 25.6. The Balaban J connectivity index is 1.47. The summed E-state index contributed by atoms with van der Waals surface area (Å²) in [6.07, 6.45) is -20.0. The van der Waals surface area contributed by atoms with Crippen LogP contribution in [0, 0.1) is 0 Å². The van der Waals surface area contributed by atoms with E-state index in [4.69, 9.17) is 0 Å². The number of fused-ring (bicyclic) bond motifs is 2. The molecule has 0 fully saturated rings. The predicted octanol–water partition coefficient (Wildman–Crippen LogP) is 13.0. The minimum Gasteiger partial charge on any atom is -0.507 e. The van der Waals surface area contributed by atoms with E-state index in [-0.39, 0.29) is 47.2 Å². The van der Waals surface area contributed by atoms with Crippen molar-refractivity contribution in [3.8, 4) is 33.8 Å². The van der Waals surface area contributed by atoms with Crippen LogP contribution in [0.2, 0.25) is 0 Å². The Labute approximate surface area is 303 Å². The number of halogens is 12. The molecule has 0 radical (unpaired) electrons. The first-order valence-electron chi connectivity index (χ1n) is 16.7. The summed E-state index contributed by atoms with van der Waals surface area (Å²) in [5, 5.41) is 26.0. The van der Waals surface area contributed by atoms with E-state index in [1.54, 1.807) is 36.4 Å². The summed E-state index contributed by atoms with van der Waals surface area (Å²) >= 11 is 0. The van der Waals surface area contributed by atoms with Crippen LogP contribution in [0.4, 0.5) is 52.7 Å². The summed E-state index contributed by atoms with van der Waals surface area (Å²) in [5.41, 5.74) is -8.45. The van der Waals surface area contributed by atoms with E-state index in [1.807, 2.05) is 0 Å². The molecule has 0 unspecified atom stereocenters. The largest absolute Gasteiger partial charge is 0.507 e. The molecule has 0 saturated heterocycles. The fourth-order valence-electron chi connectivity index (χ4n) is 8.50. The number of hydrogen-bond donors (Lipinski definition) is 2. The number of benzene rings is 6. The molecule has 0 heterocycles. The normalized spacial score (nSPS) is 15.6. The number of hydrogen-bond acceptors (Lipinski definition) is 2. The average molecular weight is 777 g/mol. The Hall–Kier alpha value is -5.40. The maximum Gasteiger partial charge on any atom is 0.416 e. The minimum absolute atomic E-state index is 0.0401. The zero-order chi connectivity index (χ0) is 39.6. The quantitative estimate of drug-likeness (QED) is 0.172. The van der Waals surface area contributed by atoms with Crippen molar-refractivity contribution in [3.05, 3.63) is 129 Å². The molecule has 6 aromatic carbocycles. The summed E-state index contributed by atoms with van der Waals surface area (Å²) in [6.45, 7) is 0. The maximum absolute atomic E-state index is 14.0. The van der Waals surface area contributed by atoms with Crippen LogP contribution in [-0.4, -0.2) is 10.2 Å². The summed E-state index contributed by atoms with van der Waals surface area (Å²) in [6, 6.07) is 14.3. The highest BCUT2D eigenvalue weighted by Crippen LogP contribution is 2.60. The van der Waals surface area contributed by atoms with Crippen LogP contribution < -0.4 is 0 Å². The Bertz CT molecular complexity index is 2330. The molecule has 0 aliphatic heterocycles. The van der Waals surface area contributed by atoms with Gasteiger partial charge in [0.05, 0.1) is 22.3 Å². The number of aromatic hydroxyl groups is 2. The van der Waals surface area contributed by atoms with E-state index in [2.05, 4.69) is 0 Å². The number of rotatable bonds is 2. The second kappa shape index (κ2) is 11.8. The summed E-state index contributed by atoms with van der Waals surface area (Å²) in [5.74, 6) is -1.36. The molecule has 0 bridgehead atoms. The van der Waals surface area contributed by atoms with Crippen molar-refractivity contribution in [3.63, 3.8) is 0 Å². The lowest BCUT2D eigenvalue weighted by Gasteiger charge is -2.44. The zero-order valence-corrected chi connectivity index (χ0v) is 27.8. The third kappa shape index (κ3) is 5.83. The molecular weight excluding hydrogens is 752 g/mol. The molecule has 0 aromatic heterocycles. The van der Waals surface area contributed by atoms with Gasteiger partial charge in [-0.05, 0) is 118 Å². The Morgan fingerprint density at radius 1 is 0.436 bits per heavy atom. The van der Waals surface area contributed by atoms with Crippen LogP contribution in [-0.2, 0) is 43.0 Å². The highest BCUT2D eigenvalue weighted by molar-refractivity contribution is 6.03. The van der Waals surface area contributed by atoms with Gasteiger partial charge in [-0.3, -0.25) is 0 Å². The molecule has 2 aliphatic rings. The van der Waals surface area contributed by atoms with Gasteiger partial charge in [0.15, 0.2) is 0 Å². The van der Waals surface area contributed by atoms with Crippen LogP contribution in [0.25, 0.3) is 43.8 Å². The fraction of sp³-hybridized carbons (Fsp3) is 0.220. The van der Waals surface area contributed by atoms with Gasteiger partial charge < -0.3 is 10.2 Å². The van der Waals surface area contributed by atoms with Crippen LogP contribution in [0.5, 0.6) is 11.5 Å². The first-order valence-corrected chi connectivity index (χ1v) is 16.7. The third-order valence-electron chi connectivity index (χ3n) is 10.8. The standard InChI is InChI=1S/C41H24F12O2/c42-38(43,44)25-11-23(12-26(17-25)39(45,46)47)29-15-21-5-1-3-19-7-9-37(33(31(19)21)35(29)54)10-8-20-4-2-6-22-16-30(36(55)34(37)32(20)22)24-13-27(40(48,49)50)18-28(14-24)41(51,52)53/h1-6,11-18,54-55H,7-10H2. The lowest BCUT2D eigenvalue weighted by Crippen LogP contribution is -2.35.